The summed E-state index contributed by atoms with van der Waals surface area (Å²) in [5, 5.41) is 31.5. The van der Waals surface area contributed by atoms with E-state index in [0.29, 0.717) is 5.56 Å². The van der Waals surface area contributed by atoms with E-state index in [0.717, 1.165) is 81.7 Å². The fraction of sp³-hybridized carbons (Fsp3) is 0.448. The van der Waals surface area contributed by atoms with Crippen LogP contribution >= 0.6 is 11.3 Å². The molecule has 0 atom stereocenters. The molecule has 7 heterocycles. The summed E-state index contributed by atoms with van der Waals surface area (Å²) < 4.78 is 18.5. The molecule has 4 aromatic rings. The predicted molar refractivity (Wildman–Crippen MR) is 169 cm³/mol. The maximum absolute atomic E-state index is 12.6. The van der Waals surface area contributed by atoms with Gasteiger partial charge in [-0.05, 0) is 49.4 Å². The minimum Gasteiger partial charge on any atom is -0.382 e. The highest BCUT2D eigenvalue weighted by Crippen LogP contribution is 2.44. The first kappa shape index (κ1) is 29.2. The fourth-order valence-corrected chi connectivity index (χ4v) is 7.49. The van der Waals surface area contributed by atoms with Crippen LogP contribution in [0.1, 0.15) is 38.7 Å². The van der Waals surface area contributed by atoms with Crippen molar-refractivity contribution in [1.29, 1.82) is 5.26 Å². The Balaban J connectivity index is 1.23. The Labute approximate surface area is 254 Å². The number of rotatable bonds is 8. The number of nitriles is 1. The lowest BCUT2D eigenvalue weighted by molar-refractivity contribution is -0.123. The van der Waals surface area contributed by atoms with E-state index in [4.69, 9.17) is 4.98 Å². The first-order chi connectivity index (χ1) is 20.5. The number of pyridine rings is 1. The van der Waals surface area contributed by atoms with Crippen molar-refractivity contribution in [2.75, 3.05) is 44.0 Å². The number of nitrogens with zero attached hydrogens (tertiary/aromatic N) is 8. The molecular weight excluding hydrogens is 585 g/mol. The van der Waals surface area contributed by atoms with Crippen molar-refractivity contribution < 1.29 is 9.00 Å². The maximum atomic E-state index is 12.6. The number of amides is 1. The number of aromatic nitrogens is 5. The largest absolute Gasteiger partial charge is 0.382 e. The molecule has 43 heavy (non-hydrogen) atoms. The first-order valence-electron chi connectivity index (χ1n) is 14.3. The van der Waals surface area contributed by atoms with Crippen molar-refractivity contribution in [2.45, 2.75) is 44.7 Å². The Kier molecular flexibility index (Phi) is 7.44. The SMILES string of the molecule is CC(C)Nc1cc(-c2ccc3cc(C#N)cnn23)ncc1-c1nnc([N+]23CCC(NC(=O)CN=S(C)(C)=O)(CC2)CC3)s1. The molecule has 3 aliphatic heterocycles. The second-order valence-corrected chi connectivity index (χ2v) is 15.7. The topological polar surface area (TPSA) is 150 Å². The lowest BCUT2D eigenvalue weighted by Gasteiger charge is -2.52. The molecule has 0 unspecified atom stereocenters. The molecule has 0 spiro atoms. The molecule has 2 N–H and O–H groups in total. The zero-order valence-electron chi connectivity index (χ0n) is 24.7. The average Bonchev–Trinajstić information content (AvgIpc) is 3.64. The number of carbonyl (C=O) groups is 1. The molecular formula is C29H35N10O2S2+. The van der Waals surface area contributed by atoms with Crippen LogP contribution in [0.5, 0.6) is 0 Å². The Morgan fingerprint density at radius 1 is 1.19 bits per heavy atom. The van der Waals surface area contributed by atoms with Gasteiger partial charge in [-0.2, -0.15) is 10.4 Å². The number of fused-ring (bicyclic) bond motifs is 4. The molecule has 4 aromatic heterocycles. The van der Waals surface area contributed by atoms with Crippen LogP contribution < -0.4 is 15.1 Å². The number of nitrogens with one attached hydrogen (secondary N) is 2. The molecule has 14 heteroatoms. The van der Waals surface area contributed by atoms with Gasteiger partial charge in [0.1, 0.15) is 12.6 Å². The zero-order valence-corrected chi connectivity index (χ0v) is 26.3. The number of hydrogen-bond donors (Lipinski definition) is 2. The van der Waals surface area contributed by atoms with E-state index in [2.05, 4.69) is 50.2 Å². The Morgan fingerprint density at radius 2 is 1.93 bits per heavy atom. The van der Waals surface area contributed by atoms with Gasteiger partial charge in [0.05, 0.1) is 59.4 Å². The molecule has 1 amide bonds. The fourth-order valence-electron chi connectivity index (χ4n) is 5.98. The number of hydrogen-bond acceptors (Lipinski definition) is 10. The summed E-state index contributed by atoms with van der Waals surface area (Å²) in [4.78, 5) is 17.4. The average molecular weight is 620 g/mol. The maximum Gasteiger partial charge on any atom is 0.307 e. The predicted octanol–water partition coefficient (Wildman–Crippen LogP) is 3.69. The van der Waals surface area contributed by atoms with Crippen molar-refractivity contribution in [1.82, 2.24) is 34.6 Å². The second-order valence-electron chi connectivity index (χ2n) is 12.1. The van der Waals surface area contributed by atoms with E-state index < -0.39 is 9.73 Å². The van der Waals surface area contributed by atoms with Gasteiger partial charge >= 0.3 is 5.13 Å². The van der Waals surface area contributed by atoms with E-state index in [1.807, 2.05) is 24.4 Å². The minimum atomic E-state index is -2.30. The molecule has 2 bridgehead atoms. The minimum absolute atomic E-state index is 0.0632. The standard InChI is InChI=1S/C29H34N10O2S2/c1-19(2)34-23-14-24(25-6-5-21-13-20(15-30)16-32-38(21)25)31-17-22(23)27-36-37-28(42-27)39-10-7-29(8-11-39,9-12-39)35-26(40)18-33-43(3,4)41/h5-6,13-14,16-17,19H,7-12,18H2,1-4H3,(H-,31,34,35,36,40)/p+1. The Hall–Kier alpha value is -3.93. The van der Waals surface area contributed by atoms with Gasteiger partial charge in [0.2, 0.25) is 5.91 Å². The second kappa shape index (κ2) is 11.0. The third kappa shape index (κ3) is 5.84. The van der Waals surface area contributed by atoms with Gasteiger partial charge in [-0.15, -0.1) is 5.10 Å². The van der Waals surface area contributed by atoms with Crippen molar-refractivity contribution in [3.8, 4) is 28.0 Å². The summed E-state index contributed by atoms with van der Waals surface area (Å²) in [7, 11) is -2.30. The Bertz CT molecular complexity index is 1850. The van der Waals surface area contributed by atoms with E-state index in [-0.39, 0.29) is 24.0 Å². The highest BCUT2D eigenvalue weighted by Gasteiger charge is 2.52. The van der Waals surface area contributed by atoms with Crippen LogP contribution in [0.4, 0.5) is 10.8 Å². The quantitative estimate of drug-likeness (QED) is 0.284. The van der Waals surface area contributed by atoms with E-state index >= 15 is 0 Å². The number of carbonyl (C=O) groups excluding carboxylic acids is 1. The molecule has 0 aliphatic carbocycles. The van der Waals surface area contributed by atoms with E-state index in [1.165, 1.54) is 0 Å². The molecule has 0 saturated carbocycles. The molecule has 12 nitrogen and oxygen atoms in total. The van der Waals surface area contributed by atoms with Gasteiger partial charge in [-0.1, -0.05) is 5.10 Å². The summed E-state index contributed by atoms with van der Waals surface area (Å²) >= 11 is 1.60. The smallest absolute Gasteiger partial charge is 0.307 e. The van der Waals surface area contributed by atoms with Gasteiger partial charge in [0.25, 0.3) is 0 Å². The number of anilines is 1. The summed E-state index contributed by atoms with van der Waals surface area (Å²) in [6.45, 7) is 6.75. The molecule has 3 fully saturated rings. The van der Waals surface area contributed by atoms with Gasteiger partial charge in [-0.25, -0.2) is 8.88 Å². The lowest BCUT2D eigenvalue weighted by Crippen LogP contribution is -2.70. The summed E-state index contributed by atoms with van der Waals surface area (Å²) in [6.07, 6.45) is 9.05. The van der Waals surface area contributed by atoms with Crippen molar-refractivity contribution in [3.05, 3.63) is 42.2 Å². The molecule has 3 saturated heterocycles. The molecule has 0 radical (unpaired) electrons. The molecule has 7 rings (SSSR count). The van der Waals surface area contributed by atoms with Crippen LogP contribution in [0.15, 0.2) is 41.0 Å². The third-order valence-corrected chi connectivity index (χ3v) is 10.2. The summed E-state index contributed by atoms with van der Waals surface area (Å²) in [5.41, 5.74) is 4.50. The van der Waals surface area contributed by atoms with E-state index in [9.17, 15) is 14.3 Å². The summed E-state index contributed by atoms with van der Waals surface area (Å²) in [5.74, 6) is -0.159. The normalized spacial score (nSPS) is 21.6. The van der Waals surface area contributed by atoms with Crippen molar-refractivity contribution >= 4 is 43.3 Å². The monoisotopic (exact) mass is 619 g/mol. The Morgan fingerprint density at radius 3 is 2.60 bits per heavy atom. The zero-order chi connectivity index (χ0) is 30.4. The van der Waals surface area contributed by atoms with Gasteiger partial charge in [0.15, 0.2) is 5.01 Å². The van der Waals surface area contributed by atoms with Crippen LogP contribution in [-0.4, -0.2) is 85.2 Å². The van der Waals surface area contributed by atoms with Crippen molar-refractivity contribution in [2.24, 2.45) is 4.36 Å². The van der Waals surface area contributed by atoms with Crippen LogP contribution in [0.25, 0.3) is 27.5 Å². The van der Waals surface area contributed by atoms with Crippen LogP contribution in [0, 0.1) is 11.3 Å². The molecule has 0 aromatic carbocycles. The number of piperidine rings is 3. The van der Waals surface area contributed by atoms with Crippen molar-refractivity contribution in [3.63, 3.8) is 0 Å². The molecule has 3 aliphatic rings. The van der Waals surface area contributed by atoms with Gasteiger partial charge in [0, 0.05) is 59.4 Å². The van der Waals surface area contributed by atoms with E-state index in [1.54, 1.807) is 40.6 Å². The third-order valence-electron chi connectivity index (χ3n) is 8.27. The van der Waals surface area contributed by atoms with Gasteiger partial charge in [-0.3, -0.25) is 18.5 Å². The highest BCUT2D eigenvalue weighted by molar-refractivity contribution is 7.92. The van der Waals surface area contributed by atoms with Crippen LogP contribution in [0.3, 0.4) is 0 Å². The lowest BCUT2D eigenvalue weighted by atomic mass is 9.78. The van der Waals surface area contributed by atoms with Crippen LogP contribution in [0.2, 0.25) is 0 Å². The number of quaternary nitrogens is 1. The van der Waals surface area contributed by atoms with Gasteiger partial charge < -0.3 is 10.6 Å². The first-order valence-corrected chi connectivity index (χ1v) is 17.4. The summed E-state index contributed by atoms with van der Waals surface area (Å²) in [6, 6.07) is 10.0. The molecule has 224 valence electrons. The van der Waals surface area contributed by atoms with Crippen LogP contribution in [-0.2, 0) is 14.5 Å². The highest BCUT2D eigenvalue weighted by atomic mass is 32.2.